The maximum atomic E-state index is 13.0. The molecular weight excluding hydrogens is 249 g/mol. The number of aromatic nitrogens is 3. The topological polar surface area (TPSA) is 71.3 Å². The molecule has 0 spiro atoms. The highest BCUT2D eigenvalue weighted by molar-refractivity contribution is 5.76. The third-order valence-corrected chi connectivity index (χ3v) is 2.50. The fraction of sp³-hybridized carbons (Fsp3) is 0.417. The summed E-state index contributed by atoms with van der Waals surface area (Å²) in [4.78, 5) is 15.5. The molecule has 2 aromatic heterocycles. The van der Waals surface area contributed by atoms with E-state index in [0.717, 1.165) is 6.42 Å². The van der Waals surface area contributed by atoms with Gasteiger partial charge in [-0.05, 0) is 18.6 Å². The summed E-state index contributed by atoms with van der Waals surface area (Å²) in [5.74, 6) is 0.000874. The number of carbonyl (C=O) groups is 1. The van der Waals surface area contributed by atoms with E-state index in [1.54, 1.807) is 6.07 Å². The van der Waals surface area contributed by atoms with Crippen LogP contribution in [-0.4, -0.2) is 33.6 Å². The smallest absolute Gasteiger partial charge is 0.243 e. The van der Waals surface area contributed by atoms with Gasteiger partial charge in [0.15, 0.2) is 5.65 Å². The summed E-state index contributed by atoms with van der Waals surface area (Å²) in [6, 6.07) is 2.87. The van der Waals surface area contributed by atoms with Crippen molar-refractivity contribution in [2.45, 2.75) is 19.8 Å². The molecule has 102 valence electrons. The number of pyridine rings is 1. The van der Waals surface area contributed by atoms with E-state index in [1.807, 2.05) is 6.92 Å². The monoisotopic (exact) mass is 265 g/mol. The molecule has 0 unspecified atom stereocenters. The average molecular weight is 265 g/mol. The van der Waals surface area contributed by atoms with E-state index < -0.39 is 0 Å². The SMILES string of the molecule is CCCNC(=O)CCNc1nc2ccc(F)cn2n1. The molecule has 2 N–H and O–H groups in total. The summed E-state index contributed by atoms with van der Waals surface area (Å²) in [6.07, 6.45) is 2.52. The van der Waals surface area contributed by atoms with Gasteiger partial charge in [0.1, 0.15) is 5.82 Å². The molecular formula is C12H16FN5O. The van der Waals surface area contributed by atoms with E-state index in [2.05, 4.69) is 20.7 Å². The fourth-order valence-corrected chi connectivity index (χ4v) is 1.57. The molecule has 0 fully saturated rings. The first-order chi connectivity index (χ1) is 9.19. The lowest BCUT2D eigenvalue weighted by Gasteiger charge is -2.03. The van der Waals surface area contributed by atoms with Crippen molar-refractivity contribution >= 4 is 17.5 Å². The maximum absolute atomic E-state index is 13.0. The van der Waals surface area contributed by atoms with Crippen LogP contribution >= 0.6 is 0 Å². The Hall–Kier alpha value is -2.18. The lowest BCUT2D eigenvalue weighted by Crippen LogP contribution is -2.26. The Labute approximate surface area is 110 Å². The van der Waals surface area contributed by atoms with Crippen molar-refractivity contribution in [1.82, 2.24) is 19.9 Å². The van der Waals surface area contributed by atoms with Gasteiger partial charge in [-0.25, -0.2) is 8.91 Å². The summed E-state index contributed by atoms with van der Waals surface area (Å²) in [7, 11) is 0. The van der Waals surface area contributed by atoms with Crippen molar-refractivity contribution in [2.75, 3.05) is 18.4 Å². The van der Waals surface area contributed by atoms with Gasteiger partial charge in [0.2, 0.25) is 11.9 Å². The summed E-state index contributed by atoms with van der Waals surface area (Å²) >= 11 is 0. The van der Waals surface area contributed by atoms with Crippen molar-refractivity contribution in [3.8, 4) is 0 Å². The van der Waals surface area contributed by atoms with E-state index in [9.17, 15) is 9.18 Å². The van der Waals surface area contributed by atoms with Crippen LogP contribution in [0.5, 0.6) is 0 Å². The van der Waals surface area contributed by atoms with Crippen LogP contribution in [-0.2, 0) is 4.79 Å². The van der Waals surface area contributed by atoms with Crippen LogP contribution in [0, 0.1) is 5.82 Å². The van der Waals surface area contributed by atoms with Gasteiger partial charge < -0.3 is 10.6 Å². The van der Waals surface area contributed by atoms with Crippen LogP contribution in [0.25, 0.3) is 5.65 Å². The number of carbonyl (C=O) groups excluding carboxylic acids is 1. The first-order valence-corrected chi connectivity index (χ1v) is 6.21. The highest BCUT2D eigenvalue weighted by Gasteiger charge is 2.05. The molecule has 2 rings (SSSR count). The summed E-state index contributed by atoms with van der Waals surface area (Å²) in [6.45, 7) is 3.12. The molecule has 0 aliphatic rings. The van der Waals surface area contributed by atoms with Gasteiger partial charge in [0.25, 0.3) is 0 Å². The number of amides is 1. The van der Waals surface area contributed by atoms with E-state index in [0.29, 0.717) is 31.1 Å². The van der Waals surface area contributed by atoms with Gasteiger partial charge in [-0.3, -0.25) is 4.79 Å². The molecule has 0 saturated heterocycles. The maximum Gasteiger partial charge on any atom is 0.243 e. The zero-order valence-electron chi connectivity index (χ0n) is 10.7. The number of anilines is 1. The molecule has 0 bridgehead atoms. The van der Waals surface area contributed by atoms with E-state index >= 15 is 0 Å². The third-order valence-electron chi connectivity index (χ3n) is 2.50. The van der Waals surface area contributed by atoms with Crippen LogP contribution in [0.2, 0.25) is 0 Å². The van der Waals surface area contributed by atoms with Crippen molar-refractivity contribution in [3.63, 3.8) is 0 Å². The number of fused-ring (bicyclic) bond motifs is 1. The fourth-order valence-electron chi connectivity index (χ4n) is 1.57. The van der Waals surface area contributed by atoms with Crippen molar-refractivity contribution in [3.05, 3.63) is 24.1 Å². The van der Waals surface area contributed by atoms with Crippen LogP contribution in [0.15, 0.2) is 18.3 Å². The molecule has 7 heteroatoms. The van der Waals surface area contributed by atoms with Crippen LogP contribution in [0.1, 0.15) is 19.8 Å². The molecule has 0 aliphatic carbocycles. The quantitative estimate of drug-likeness (QED) is 0.823. The molecule has 6 nitrogen and oxygen atoms in total. The second kappa shape index (κ2) is 6.12. The Morgan fingerprint density at radius 2 is 2.26 bits per heavy atom. The van der Waals surface area contributed by atoms with Gasteiger partial charge >= 0.3 is 0 Å². The van der Waals surface area contributed by atoms with Crippen molar-refractivity contribution in [2.24, 2.45) is 0 Å². The zero-order chi connectivity index (χ0) is 13.7. The van der Waals surface area contributed by atoms with Gasteiger partial charge in [0, 0.05) is 19.5 Å². The molecule has 0 atom stereocenters. The number of nitrogens with one attached hydrogen (secondary N) is 2. The second-order valence-corrected chi connectivity index (χ2v) is 4.11. The Bertz CT molecular complexity index is 568. The molecule has 0 radical (unpaired) electrons. The molecule has 2 heterocycles. The number of hydrogen-bond donors (Lipinski definition) is 2. The van der Waals surface area contributed by atoms with Gasteiger partial charge in [-0.15, -0.1) is 5.10 Å². The minimum absolute atomic E-state index is 0.0100. The Balaban J connectivity index is 1.86. The van der Waals surface area contributed by atoms with E-state index in [1.165, 1.54) is 16.8 Å². The zero-order valence-corrected chi connectivity index (χ0v) is 10.7. The lowest BCUT2D eigenvalue weighted by molar-refractivity contribution is -0.120. The highest BCUT2D eigenvalue weighted by atomic mass is 19.1. The molecule has 2 aromatic rings. The Morgan fingerprint density at radius 3 is 3.05 bits per heavy atom. The number of rotatable bonds is 6. The van der Waals surface area contributed by atoms with Gasteiger partial charge in [-0.1, -0.05) is 6.92 Å². The summed E-state index contributed by atoms with van der Waals surface area (Å²) < 4.78 is 14.3. The van der Waals surface area contributed by atoms with Crippen LogP contribution in [0.3, 0.4) is 0 Å². The van der Waals surface area contributed by atoms with Crippen LogP contribution in [0.4, 0.5) is 10.3 Å². The third kappa shape index (κ3) is 3.64. The van der Waals surface area contributed by atoms with Gasteiger partial charge in [-0.2, -0.15) is 4.98 Å². The van der Waals surface area contributed by atoms with Gasteiger partial charge in [0.05, 0.1) is 6.20 Å². The predicted octanol–water partition coefficient (Wildman–Crippen LogP) is 1.20. The van der Waals surface area contributed by atoms with E-state index in [-0.39, 0.29) is 11.7 Å². The predicted molar refractivity (Wildman–Crippen MR) is 69.4 cm³/mol. The highest BCUT2D eigenvalue weighted by Crippen LogP contribution is 2.06. The molecule has 0 saturated carbocycles. The largest absolute Gasteiger partial charge is 0.356 e. The minimum atomic E-state index is -0.372. The molecule has 1 amide bonds. The second-order valence-electron chi connectivity index (χ2n) is 4.11. The minimum Gasteiger partial charge on any atom is -0.356 e. The number of hydrogen-bond acceptors (Lipinski definition) is 4. The first kappa shape index (κ1) is 13.3. The molecule has 19 heavy (non-hydrogen) atoms. The summed E-state index contributed by atoms with van der Waals surface area (Å²) in [5.41, 5.74) is 0.555. The molecule has 0 aliphatic heterocycles. The number of halogens is 1. The number of nitrogens with zero attached hydrogens (tertiary/aromatic N) is 3. The van der Waals surface area contributed by atoms with Crippen molar-refractivity contribution < 1.29 is 9.18 Å². The average Bonchev–Trinajstić information content (AvgIpc) is 2.78. The standard InChI is InChI=1S/C12H16FN5O/c1-2-6-14-11(19)5-7-15-12-16-10-4-3-9(13)8-18(10)17-12/h3-4,8H,2,5-7H2,1H3,(H,14,19)(H,15,17). The Kier molecular flexibility index (Phi) is 4.27. The first-order valence-electron chi connectivity index (χ1n) is 6.21. The Morgan fingerprint density at radius 1 is 1.42 bits per heavy atom. The summed E-state index contributed by atoms with van der Waals surface area (Å²) in [5, 5.41) is 9.77. The lowest BCUT2D eigenvalue weighted by atomic mass is 10.4. The van der Waals surface area contributed by atoms with E-state index in [4.69, 9.17) is 0 Å². The van der Waals surface area contributed by atoms with Crippen LogP contribution < -0.4 is 10.6 Å². The molecule has 0 aromatic carbocycles. The normalized spacial score (nSPS) is 10.6. The van der Waals surface area contributed by atoms with Crippen molar-refractivity contribution in [1.29, 1.82) is 0 Å².